The fraction of sp³-hybridized carbons (Fsp3) is 0.300. The monoisotopic (exact) mass is 439 g/mol. The Bertz CT molecular complexity index is 1360. The molecule has 1 amide bonds. The van der Waals surface area contributed by atoms with Crippen molar-refractivity contribution in [1.29, 1.82) is 0 Å². The number of aliphatic hydroxyl groups excluding tert-OH is 2. The van der Waals surface area contributed by atoms with Crippen LogP contribution >= 0.6 is 0 Å². The quantitative estimate of drug-likeness (QED) is 0.232. The van der Waals surface area contributed by atoms with E-state index in [1.165, 1.54) is 10.9 Å². The van der Waals surface area contributed by atoms with Gasteiger partial charge in [0.2, 0.25) is 5.95 Å². The molecule has 4 aromatic rings. The van der Waals surface area contributed by atoms with Gasteiger partial charge in [0.1, 0.15) is 12.2 Å². The van der Waals surface area contributed by atoms with E-state index in [2.05, 4.69) is 25.3 Å². The molecule has 0 spiro atoms. The molecule has 7 N–H and O–H groups in total. The molecule has 4 atom stereocenters. The summed E-state index contributed by atoms with van der Waals surface area (Å²) in [6, 6.07) is 7.85. The number of hydrogen-bond acceptors (Lipinski definition) is 8. The molecule has 1 aromatic carbocycles. The van der Waals surface area contributed by atoms with Gasteiger partial charge in [-0.05, 0) is 18.1 Å². The molecular weight excluding hydrogens is 418 g/mol. The Kier molecular flexibility index (Phi) is 4.89. The van der Waals surface area contributed by atoms with Crippen LogP contribution in [0, 0.1) is 0 Å². The Hall–Kier alpha value is -3.74. The van der Waals surface area contributed by atoms with Gasteiger partial charge in [-0.25, -0.2) is 4.98 Å². The molecule has 0 bridgehead atoms. The van der Waals surface area contributed by atoms with Crippen molar-refractivity contribution in [3.8, 4) is 0 Å². The number of carbonyl (C=O) groups is 1. The van der Waals surface area contributed by atoms with Gasteiger partial charge in [0.05, 0.1) is 6.33 Å². The summed E-state index contributed by atoms with van der Waals surface area (Å²) >= 11 is 0. The van der Waals surface area contributed by atoms with Crippen LogP contribution < -0.4 is 16.6 Å². The first-order valence-corrected chi connectivity index (χ1v) is 10.0. The molecule has 1 fully saturated rings. The summed E-state index contributed by atoms with van der Waals surface area (Å²) in [5.41, 5.74) is 7.17. The van der Waals surface area contributed by atoms with Crippen LogP contribution in [0.5, 0.6) is 0 Å². The number of nitrogens with one attached hydrogen (secondary N) is 3. The molecule has 0 aliphatic carbocycles. The number of nitrogens with two attached hydrogens (primary N) is 1. The van der Waals surface area contributed by atoms with Gasteiger partial charge in [-0.3, -0.25) is 19.1 Å². The molecule has 0 unspecified atom stereocenters. The van der Waals surface area contributed by atoms with Crippen molar-refractivity contribution < 1.29 is 19.7 Å². The fourth-order valence-corrected chi connectivity index (χ4v) is 3.99. The van der Waals surface area contributed by atoms with Crippen molar-refractivity contribution in [2.75, 3.05) is 12.3 Å². The summed E-state index contributed by atoms with van der Waals surface area (Å²) in [5, 5.41) is 24.7. The number of rotatable bonds is 5. The highest BCUT2D eigenvalue weighted by Crippen LogP contribution is 2.31. The van der Waals surface area contributed by atoms with Crippen LogP contribution in [-0.4, -0.2) is 65.5 Å². The SMILES string of the molecule is Nc1nc2c(ncn2[C@@H]2O[C@H](C(=O)NCCc3c[nH]c4ccccc34)[C@@H](O)[C@H]2O)c(=O)[nH]1. The number of benzene rings is 1. The second-order valence-corrected chi connectivity index (χ2v) is 7.60. The lowest BCUT2D eigenvalue weighted by Crippen LogP contribution is -2.43. The predicted molar refractivity (Wildman–Crippen MR) is 113 cm³/mol. The average Bonchev–Trinajstić information content (AvgIpc) is 3.45. The van der Waals surface area contributed by atoms with E-state index in [0.29, 0.717) is 13.0 Å². The second-order valence-electron chi connectivity index (χ2n) is 7.60. The van der Waals surface area contributed by atoms with Gasteiger partial charge in [-0.2, -0.15) is 4.98 Å². The number of fused-ring (bicyclic) bond motifs is 2. The van der Waals surface area contributed by atoms with E-state index in [4.69, 9.17) is 10.5 Å². The summed E-state index contributed by atoms with van der Waals surface area (Å²) in [5.74, 6) is -0.697. The molecule has 4 heterocycles. The Morgan fingerprint density at radius 1 is 1.28 bits per heavy atom. The van der Waals surface area contributed by atoms with E-state index in [-0.39, 0.29) is 17.1 Å². The maximum absolute atomic E-state index is 12.6. The van der Waals surface area contributed by atoms with Crippen molar-refractivity contribution >= 4 is 33.9 Å². The van der Waals surface area contributed by atoms with Crippen LogP contribution in [0.15, 0.2) is 41.6 Å². The topological polar surface area (TPSA) is 184 Å². The number of H-pyrrole nitrogens is 2. The number of amides is 1. The zero-order valence-electron chi connectivity index (χ0n) is 16.7. The summed E-state index contributed by atoms with van der Waals surface area (Å²) in [6.07, 6.45) is -1.71. The molecule has 5 rings (SSSR count). The number of hydrogen-bond donors (Lipinski definition) is 6. The average molecular weight is 439 g/mol. The van der Waals surface area contributed by atoms with E-state index in [0.717, 1.165) is 16.5 Å². The smallest absolute Gasteiger partial charge is 0.280 e. The van der Waals surface area contributed by atoms with E-state index in [1.54, 1.807) is 0 Å². The first-order chi connectivity index (χ1) is 15.4. The predicted octanol–water partition coefficient (Wildman–Crippen LogP) is -0.839. The fourth-order valence-electron chi connectivity index (χ4n) is 3.99. The molecule has 1 aliphatic heterocycles. The van der Waals surface area contributed by atoms with E-state index in [1.807, 2.05) is 30.5 Å². The molecule has 12 heteroatoms. The second kappa shape index (κ2) is 7.75. The molecule has 0 radical (unpaired) electrons. The molecule has 12 nitrogen and oxygen atoms in total. The number of aromatic nitrogens is 5. The lowest BCUT2D eigenvalue weighted by molar-refractivity contribution is -0.137. The van der Waals surface area contributed by atoms with Crippen LogP contribution in [0.25, 0.3) is 22.1 Å². The maximum atomic E-state index is 12.6. The Labute approximate surface area is 180 Å². The van der Waals surface area contributed by atoms with Gasteiger partial charge in [-0.15, -0.1) is 0 Å². The third kappa shape index (κ3) is 3.30. The Balaban J connectivity index is 1.29. The van der Waals surface area contributed by atoms with E-state index in [9.17, 15) is 19.8 Å². The number of ether oxygens (including phenoxy) is 1. The minimum Gasteiger partial charge on any atom is -0.387 e. The van der Waals surface area contributed by atoms with Gasteiger partial charge in [0.15, 0.2) is 23.5 Å². The van der Waals surface area contributed by atoms with Crippen LogP contribution in [0.1, 0.15) is 11.8 Å². The number of aliphatic hydroxyl groups is 2. The molecule has 166 valence electrons. The van der Waals surface area contributed by atoms with Crippen LogP contribution in [0.3, 0.4) is 0 Å². The van der Waals surface area contributed by atoms with E-state index >= 15 is 0 Å². The van der Waals surface area contributed by atoms with Crippen molar-refractivity contribution in [3.63, 3.8) is 0 Å². The number of nitrogen functional groups attached to an aromatic ring is 1. The van der Waals surface area contributed by atoms with Crippen molar-refractivity contribution in [2.24, 2.45) is 0 Å². The van der Waals surface area contributed by atoms with Crippen LogP contribution in [0.2, 0.25) is 0 Å². The summed E-state index contributed by atoms with van der Waals surface area (Å²) < 4.78 is 6.92. The molecule has 1 aliphatic rings. The third-order valence-corrected chi connectivity index (χ3v) is 5.59. The first kappa shape index (κ1) is 20.2. The number of carbonyl (C=O) groups excluding carboxylic acids is 1. The number of para-hydroxylation sites is 1. The summed E-state index contributed by atoms with van der Waals surface area (Å²) in [4.78, 5) is 38.1. The van der Waals surface area contributed by atoms with E-state index < -0.39 is 36.0 Å². The van der Waals surface area contributed by atoms with Gasteiger partial charge in [-0.1, -0.05) is 18.2 Å². The zero-order valence-corrected chi connectivity index (χ0v) is 16.7. The highest BCUT2D eigenvalue weighted by Gasteiger charge is 2.47. The molecule has 1 saturated heterocycles. The first-order valence-electron chi connectivity index (χ1n) is 10.0. The molecular formula is C20H21N7O5. The van der Waals surface area contributed by atoms with Crippen molar-refractivity contribution in [1.82, 2.24) is 29.8 Å². The van der Waals surface area contributed by atoms with Crippen LogP contribution in [-0.2, 0) is 16.0 Å². The Morgan fingerprint density at radius 3 is 2.94 bits per heavy atom. The highest BCUT2D eigenvalue weighted by atomic mass is 16.6. The van der Waals surface area contributed by atoms with Gasteiger partial charge >= 0.3 is 0 Å². The lowest BCUT2D eigenvalue weighted by atomic mass is 10.1. The van der Waals surface area contributed by atoms with Gasteiger partial charge in [0, 0.05) is 23.6 Å². The molecule has 3 aromatic heterocycles. The zero-order chi connectivity index (χ0) is 22.4. The van der Waals surface area contributed by atoms with Crippen molar-refractivity contribution in [2.45, 2.75) is 31.0 Å². The molecule has 0 saturated carbocycles. The largest absolute Gasteiger partial charge is 0.387 e. The number of anilines is 1. The number of aromatic amines is 2. The van der Waals surface area contributed by atoms with Crippen LogP contribution in [0.4, 0.5) is 5.95 Å². The van der Waals surface area contributed by atoms with Gasteiger partial charge in [0.25, 0.3) is 11.5 Å². The Morgan fingerprint density at radius 2 is 2.09 bits per heavy atom. The minimum atomic E-state index is -1.48. The van der Waals surface area contributed by atoms with Gasteiger partial charge < -0.3 is 31.0 Å². The molecule has 32 heavy (non-hydrogen) atoms. The third-order valence-electron chi connectivity index (χ3n) is 5.59. The maximum Gasteiger partial charge on any atom is 0.280 e. The van der Waals surface area contributed by atoms with Crippen molar-refractivity contribution in [3.05, 3.63) is 52.7 Å². The minimum absolute atomic E-state index is 0.00359. The summed E-state index contributed by atoms with van der Waals surface area (Å²) in [6.45, 7) is 0.315. The summed E-state index contributed by atoms with van der Waals surface area (Å²) in [7, 11) is 0. The lowest BCUT2D eigenvalue weighted by Gasteiger charge is -2.16. The number of nitrogens with zero attached hydrogens (tertiary/aromatic N) is 3. The number of imidazole rings is 1. The highest BCUT2D eigenvalue weighted by molar-refractivity contribution is 5.84. The standard InChI is InChI=1S/C20H21N7O5/c21-20-25-16-12(17(30)26-20)24-8-27(16)19-14(29)13(28)15(32-19)18(31)22-6-5-9-7-23-11-4-2-1-3-10(9)11/h1-4,7-8,13-15,19,23,28-29H,5-6H2,(H,22,31)(H3,21,25,26,30)/t13-,14+,15-,19+/m0/s1. The normalized spacial score (nSPS) is 23.2.